The summed E-state index contributed by atoms with van der Waals surface area (Å²) in [5, 5.41) is 0. The fourth-order valence-electron chi connectivity index (χ4n) is 2.02. The van der Waals surface area contributed by atoms with Crippen LogP contribution in [0.4, 0.5) is 0 Å². The largest absolute Gasteiger partial charge is 0.379 e. The van der Waals surface area contributed by atoms with Crippen molar-refractivity contribution in [1.82, 2.24) is 0 Å². The summed E-state index contributed by atoms with van der Waals surface area (Å²) in [5.74, 6) is 0.950. The molecule has 0 aromatic carbocycles. The van der Waals surface area contributed by atoms with Crippen molar-refractivity contribution >= 4 is 5.78 Å². The first kappa shape index (κ1) is 20.1. The van der Waals surface area contributed by atoms with Crippen LogP contribution in [-0.2, 0) is 9.53 Å². The Morgan fingerprint density at radius 2 is 1.86 bits per heavy atom. The Morgan fingerprint density at radius 1 is 1.24 bits per heavy atom. The van der Waals surface area contributed by atoms with Crippen molar-refractivity contribution in [3.8, 4) is 0 Å². The van der Waals surface area contributed by atoms with Crippen LogP contribution in [0.2, 0.25) is 0 Å². The van der Waals surface area contributed by atoms with Crippen molar-refractivity contribution < 1.29 is 9.53 Å². The number of ether oxygens (including phenoxy) is 1. The van der Waals surface area contributed by atoms with Crippen LogP contribution in [0.1, 0.15) is 67.2 Å². The molecule has 0 saturated carbocycles. The minimum Gasteiger partial charge on any atom is -0.379 e. The lowest BCUT2D eigenvalue weighted by molar-refractivity contribution is -0.117. The number of ketones is 1. The monoisotopic (exact) mass is 294 g/mol. The molecule has 0 rings (SSSR count). The van der Waals surface area contributed by atoms with E-state index in [1.54, 1.807) is 13.2 Å². The minimum atomic E-state index is -0.00784. The summed E-state index contributed by atoms with van der Waals surface area (Å²) < 4.78 is 5.43. The third kappa shape index (κ3) is 10.5. The second-order valence-electron chi connectivity index (χ2n) is 7.04. The molecule has 0 aliphatic carbocycles. The second-order valence-corrected chi connectivity index (χ2v) is 7.04. The standard InChI is InChI=1S/C19H34O2/c1-15(2)18(20)14-17(4)11-8-10-16(3)12-9-13-19(5,6)21-7/h8,11,14-16H,9-10,12-13H2,1-7H3/b11-8+,17-14+. The molecule has 0 spiro atoms. The van der Waals surface area contributed by atoms with Gasteiger partial charge in [-0.15, -0.1) is 0 Å². The first-order valence-electron chi connectivity index (χ1n) is 8.11. The van der Waals surface area contributed by atoms with Crippen LogP contribution < -0.4 is 0 Å². The molecule has 2 heteroatoms. The van der Waals surface area contributed by atoms with Gasteiger partial charge in [0.25, 0.3) is 0 Å². The van der Waals surface area contributed by atoms with Crippen molar-refractivity contribution in [1.29, 1.82) is 0 Å². The van der Waals surface area contributed by atoms with Crippen molar-refractivity contribution in [2.75, 3.05) is 7.11 Å². The van der Waals surface area contributed by atoms with Gasteiger partial charge in [0.05, 0.1) is 5.60 Å². The zero-order chi connectivity index (χ0) is 16.5. The fraction of sp³-hybridized carbons (Fsp3) is 0.737. The van der Waals surface area contributed by atoms with Gasteiger partial charge >= 0.3 is 0 Å². The summed E-state index contributed by atoms with van der Waals surface area (Å²) in [4.78, 5) is 11.6. The Labute approximate surface area is 131 Å². The van der Waals surface area contributed by atoms with Crippen LogP contribution in [0.25, 0.3) is 0 Å². The summed E-state index contributed by atoms with van der Waals surface area (Å²) >= 11 is 0. The highest BCUT2D eigenvalue weighted by Gasteiger charge is 2.15. The van der Waals surface area contributed by atoms with E-state index in [1.165, 1.54) is 12.8 Å². The van der Waals surface area contributed by atoms with Gasteiger partial charge in [0.15, 0.2) is 5.78 Å². The molecule has 0 aliphatic heterocycles. The van der Waals surface area contributed by atoms with Crippen LogP contribution in [0.5, 0.6) is 0 Å². The van der Waals surface area contributed by atoms with Gasteiger partial charge in [-0.05, 0) is 51.2 Å². The van der Waals surface area contributed by atoms with Crippen LogP contribution in [0.15, 0.2) is 23.8 Å². The fourth-order valence-corrected chi connectivity index (χ4v) is 2.02. The maximum absolute atomic E-state index is 11.6. The molecule has 122 valence electrons. The van der Waals surface area contributed by atoms with Gasteiger partial charge in [-0.25, -0.2) is 0 Å². The average Bonchev–Trinajstić information content (AvgIpc) is 2.38. The average molecular weight is 294 g/mol. The number of methoxy groups -OCH3 is 1. The van der Waals surface area contributed by atoms with E-state index in [0.29, 0.717) is 5.92 Å². The van der Waals surface area contributed by atoms with Crippen LogP contribution >= 0.6 is 0 Å². The van der Waals surface area contributed by atoms with Crippen LogP contribution in [0.3, 0.4) is 0 Å². The van der Waals surface area contributed by atoms with Crippen molar-refractivity contribution in [3.63, 3.8) is 0 Å². The Balaban J connectivity index is 4.05. The topological polar surface area (TPSA) is 26.3 Å². The maximum Gasteiger partial charge on any atom is 0.158 e. The Kier molecular flexibility index (Phi) is 9.52. The third-order valence-corrected chi connectivity index (χ3v) is 3.89. The van der Waals surface area contributed by atoms with E-state index in [1.807, 2.05) is 20.8 Å². The Bertz CT molecular complexity index is 362. The van der Waals surface area contributed by atoms with Gasteiger partial charge in [-0.2, -0.15) is 0 Å². The number of hydrogen-bond acceptors (Lipinski definition) is 2. The van der Waals surface area contributed by atoms with Gasteiger partial charge in [0.2, 0.25) is 0 Å². The molecule has 0 N–H and O–H groups in total. The molecule has 0 aromatic rings. The first-order chi connectivity index (χ1) is 9.68. The SMILES string of the molecule is COC(C)(C)CCCC(C)C/C=C/C(C)=C/C(=O)C(C)C. The van der Waals surface area contributed by atoms with Crippen LogP contribution in [-0.4, -0.2) is 18.5 Å². The van der Waals surface area contributed by atoms with E-state index < -0.39 is 0 Å². The Hall–Kier alpha value is -0.890. The third-order valence-electron chi connectivity index (χ3n) is 3.89. The van der Waals surface area contributed by atoms with E-state index in [-0.39, 0.29) is 17.3 Å². The van der Waals surface area contributed by atoms with Gasteiger partial charge in [-0.1, -0.05) is 45.8 Å². The van der Waals surface area contributed by atoms with Crippen molar-refractivity contribution in [2.45, 2.75) is 72.8 Å². The summed E-state index contributed by atoms with van der Waals surface area (Å²) in [6.45, 7) is 12.4. The van der Waals surface area contributed by atoms with Gasteiger partial charge in [0, 0.05) is 13.0 Å². The molecule has 1 unspecified atom stereocenters. The highest BCUT2D eigenvalue weighted by Crippen LogP contribution is 2.20. The number of rotatable bonds is 10. The number of allylic oxidation sites excluding steroid dienone is 4. The molecule has 0 radical (unpaired) electrons. The minimum absolute atomic E-state index is 0.00784. The zero-order valence-electron chi connectivity index (χ0n) is 15.0. The number of carbonyl (C=O) groups is 1. The number of carbonyl (C=O) groups excluding carboxylic acids is 1. The predicted molar refractivity (Wildman–Crippen MR) is 91.5 cm³/mol. The quantitative estimate of drug-likeness (QED) is 0.402. The molecule has 0 heterocycles. The summed E-state index contributed by atoms with van der Waals surface area (Å²) in [6.07, 6.45) is 10.6. The highest BCUT2D eigenvalue weighted by atomic mass is 16.5. The van der Waals surface area contributed by atoms with Gasteiger partial charge < -0.3 is 4.74 Å². The lowest BCUT2D eigenvalue weighted by Gasteiger charge is -2.23. The van der Waals surface area contributed by atoms with E-state index in [9.17, 15) is 4.79 Å². The molecule has 21 heavy (non-hydrogen) atoms. The molecule has 0 fully saturated rings. The molecular formula is C19H34O2. The molecule has 0 aliphatic rings. The Morgan fingerprint density at radius 3 is 2.38 bits per heavy atom. The molecule has 0 amide bonds. The van der Waals surface area contributed by atoms with E-state index in [0.717, 1.165) is 18.4 Å². The molecular weight excluding hydrogens is 260 g/mol. The smallest absolute Gasteiger partial charge is 0.158 e. The number of hydrogen-bond donors (Lipinski definition) is 0. The molecule has 0 aromatic heterocycles. The van der Waals surface area contributed by atoms with E-state index >= 15 is 0 Å². The first-order valence-corrected chi connectivity index (χ1v) is 8.11. The lowest BCUT2D eigenvalue weighted by atomic mass is 9.94. The lowest BCUT2D eigenvalue weighted by Crippen LogP contribution is -2.22. The maximum atomic E-state index is 11.6. The van der Waals surface area contributed by atoms with Crippen molar-refractivity contribution in [2.24, 2.45) is 11.8 Å². The molecule has 1 atom stereocenters. The zero-order valence-corrected chi connectivity index (χ0v) is 15.0. The normalized spacial score (nSPS) is 15.0. The van der Waals surface area contributed by atoms with E-state index in [2.05, 4.69) is 32.9 Å². The second kappa shape index (κ2) is 9.94. The highest BCUT2D eigenvalue weighted by molar-refractivity contribution is 5.92. The summed E-state index contributed by atoms with van der Waals surface area (Å²) in [6, 6.07) is 0. The van der Waals surface area contributed by atoms with Crippen LogP contribution in [0, 0.1) is 11.8 Å². The summed E-state index contributed by atoms with van der Waals surface area (Å²) in [5.41, 5.74) is 1.04. The van der Waals surface area contributed by atoms with E-state index in [4.69, 9.17) is 4.74 Å². The predicted octanol–water partition coefficient (Wildman–Crippen LogP) is 5.34. The van der Waals surface area contributed by atoms with Gasteiger partial charge in [-0.3, -0.25) is 4.79 Å². The molecule has 0 saturated heterocycles. The molecule has 2 nitrogen and oxygen atoms in total. The molecule has 0 bridgehead atoms. The summed E-state index contributed by atoms with van der Waals surface area (Å²) in [7, 11) is 1.78. The van der Waals surface area contributed by atoms with Gasteiger partial charge in [0.1, 0.15) is 0 Å². The van der Waals surface area contributed by atoms with Crippen molar-refractivity contribution in [3.05, 3.63) is 23.8 Å².